The standard InChI is InChI=1S/C28H35F3O3/c1-3-5-6-7-19-8-12-21(13-9-19)22-14-10-20(11-15-22)18-24(32)23-16-17-25(34-4-2)26(27(23)33)28(29,30)31/h10-11,14-17,19,21,33H,3-9,12-13,18H2,1-2H3. The molecule has 6 heteroatoms. The number of phenols is 1. The molecule has 2 aromatic carbocycles. The van der Waals surface area contributed by atoms with Crippen LogP contribution in [0.4, 0.5) is 13.2 Å². The number of benzene rings is 2. The first kappa shape index (κ1) is 26.1. The molecule has 186 valence electrons. The van der Waals surface area contributed by atoms with Crippen molar-refractivity contribution >= 4 is 5.78 Å². The predicted molar refractivity (Wildman–Crippen MR) is 128 cm³/mol. The maximum absolute atomic E-state index is 13.5. The summed E-state index contributed by atoms with van der Waals surface area (Å²) < 4.78 is 45.4. The summed E-state index contributed by atoms with van der Waals surface area (Å²) >= 11 is 0. The van der Waals surface area contributed by atoms with E-state index in [2.05, 4.69) is 6.92 Å². The van der Waals surface area contributed by atoms with E-state index in [0.717, 1.165) is 12.0 Å². The number of unbranched alkanes of at least 4 members (excludes halogenated alkanes) is 2. The molecule has 0 saturated heterocycles. The maximum Gasteiger partial charge on any atom is 0.423 e. The lowest BCUT2D eigenvalue weighted by Gasteiger charge is -2.29. The first-order chi connectivity index (χ1) is 16.2. The van der Waals surface area contributed by atoms with E-state index in [0.29, 0.717) is 11.5 Å². The largest absolute Gasteiger partial charge is 0.506 e. The molecular weight excluding hydrogens is 441 g/mol. The van der Waals surface area contributed by atoms with Gasteiger partial charge in [0.2, 0.25) is 0 Å². The molecule has 1 N–H and O–H groups in total. The van der Waals surface area contributed by atoms with Crippen molar-refractivity contribution in [2.24, 2.45) is 5.92 Å². The van der Waals surface area contributed by atoms with Crippen molar-refractivity contribution in [3.8, 4) is 11.5 Å². The van der Waals surface area contributed by atoms with Crippen LogP contribution in [0.15, 0.2) is 36.4 Å². The van der Waals surface area contributed by atoms with Gasteiger partial charge in [0.05, 0.1) is 12.2 Å². The van der Waals surface area contributed by atoms with E-state index in [1.165, 1.54) is 63.0 Å². The van der Waals surface area contributed by atoms with E-state index < -0.39 is 29.0 Å². The van der Waals surface area contributed by atoms with Gasteiger partial charge in [-0.25, -0.2) is 0 Å². The Balaban J connectivity index is 1.64. The average Bonchev–Trinajstić information content (AvgIpc) is 2.80. The van der Waals surface area contributed by atoms with E-state index in [4.69, 9.17) is 4.74 Å². The van der Waals surface area contributed by atoms with Crippen molar-refractivity contribution in [3.05, 3.63) is 58.7 Å². The normalized spacial score (nSPS) is 18.6. The molecule has 3 nitrogen and oxygen atoms in total. The van der Waals surface area contributed by atoms with Gasteiger partial charge in [0.1, 0.15) is 17.1 Å². The molecule has 0 unspecified atom stereocenters. The second-order valence-electron chi connectivity index (χ2n) is 9.32. The first-order valence-electron chi connectivity index (χ1n) is 12.4. The highest BCUT2D eigenvalue weighted by atomic mass is 19.4. The molecule has 0 aliphatic heterocycles. The second-order valence-corrected chi connectivity index (χ2v) is 9.32. The zero-order valence-electron chi connectivity index (χ0n) is 20.1. The van der Waals surface area contributed by atoms with E-state index >= 15 is 0 Å². The third-order valence-corrected chi connectivity index (χ3v) is 6.90. The Bertz CT molecular complexity index is 943. The predicted octanol–water partition coefficient (Wildman–Crippen LogP) is 8.09. The minimum atomic E-state index is -4.83. The number of hydrogen-bond acceptors (Lipinski definition) is 3. The fourth-order valence-corrected chi connectivity index (χ4v) is 5.00. The number of aromatic hydroxyl groups is 1. The van der Waals surface area contributed by atoms with Crippen LogP contribution in [0.25, 0.3) is 0 Å². The third kappa shape index (κ3) is 6.55. The number of Topliss-reactive ketones (excluding diaryl/α,β-unsaturated/α-hetero) is 1. The van der Waals surface area contributed by atoms with Crippen LogP contribution in [0.1, 0.15) is 98.2 Å². The molecule has 0 amide bonds. The van der Waals surface area contributed by atoms with Gasteiger partial charge in [-0.3, -0.25) is 4.79 Å². The summed E-state index contributed by atoms with van der Waals surface area (Å²) in [7, 11) is 0. The Kier molecular flexibility index (Phi) is 9.03. The molecule has 1 saturated carbocycles. The molecule has 0 spiro atoms. The summed E-state index contributed by atoms with van der Waals surface area (Å²) in [5, 5.41) is 10.3. The van der Waals surface area contributed by atoms with E-state index in [-0.39, 0.29) is 18.6 Å². The van der Waals surface area contributed by atoms with Crippen LogP contribution < -0.4 is 4.74 Å². The summed E-state index contributed by atoms with van der Waals surface area (Å²) in [4.78, 5) is 12.7. The zero-order chi connectivity index (χ0) is 24.7. The molecule has 0 atom stereocenters. The lowest BCUT2D eigenvalue weighted by molar-refractivity contribution is -0.140. The first-order valence-corrected chi connectivity index (χ1v) is 12.4. The van der Waals surface area contributed by atoms with Crippen LogP contribution in [0, 0.1) is 5.92 Å². The second kappa shape index (κ2) is 11.8. The van der Waals surface area contributed by atoms with Gasteiger partial charge < -0.3 is 9.84 Å². The van der Waals surface area contributed by atoms with Crippen LogP contribution in [0.3, 0.4) is 0 Å². The highest BCUT2D eigenvalue weighted by molar-refractivity contribution is 6.00. The van der Waals surface area contributed by atoms with Crippen molar-refractivity contribution in [1.82, 2.24) is 0 Å². The van der Waals surface area contributed by atoms with Crippen LogP contribution in [0.2, 0.25) is 0 Å². The van der Waals surface area contributed by atoms with Gasteiger partial charge in [0, 0.05) is 6.42 Å². The van der Waals surface area contributed by atoms with Crippen molar-refractivity contribution < 1.29 is 27.8 Å². The molecule has 3 rings (SSSR count). The Labute approximate surface area is 200 Å². The highest BCUT2D eigenvalue weighted by Gasteiger charge is 2.39. The number of alkyl halides is 3. The van der Waals surface area contributed by atoms with Crippen molar-refractivity contribution in [2.45, 2.75) is 83.7 Å². The number of ether oxygens (including phenoxy) is 1. The number of carbonyl (C=O) groups excluding carboxylic acids is 1. The SMILES string of the molecule is CCCCCC1CCC(c2ccc(CC(=O)c3ccc(OCC)c(C(F)(F)F)c3O)cc2)CC1. The van der Waals surface area contributed by atoms with Crippen LogP contribution in [0.5, 0.6) is 11.5 Å². The van der Waals surface area contributed by atoms with E-state index in [1.54, 1.807) is 6.92 Å². The van der Waals surface area contributed by atoms with Crippen molar-refractivity contribution in [2.75, 3.05) is 6.61 Å². The van der Waals surface area contributed by atoms with Crippen LogP contribution >= 0.6 is 0 Å². The summed E-state index contributed by atoms with van der Waals surface area (Å²) in [5.41, 5.74) is 0.317. The Morgan fingerprint density at radius 2 is 1.68 bits per heavy atom. The Morgan fingerprint density at radius 3 is 2.26 bits per heavy atom. The molecule has 1 fully saturated rings. The fraction of sp³-hybridized carbons (Fsp3) is 0.536. The third-order valence-electron chi connectivity index (χ3n) is 6.90. The van der Waals surface area contributed by atoms with Gasteiger partial charge in [-0.05, 0) is 67.7 Å². The van der Waals surface area contributed by atoms with Gasteiger partial charge >= 0.3 is 6.18 Å². The number of hydrogen-bond donors (Lipinski definition) is 1. The monoisotopic (exact) mass is 476 g/mol. The molecule has 0 aromatic heterocycles. The minimum absolute atomic E-state index is 0.0165. The maximum atomic E-state index is 13.5. The van der Waals surface area contributed by atoms with E-state index in [1.807, 2.05) is 24.3 Å². The van der Waals surface area contributed by atoms with Gasteiger partial charge in [-0.1, -0.05) is 56.9 Å². The van der Waals surface area contributed by atoms with Gasteiger partial charge in [-0.15, -0.1) is 0 Å². The molecule has 1 aliphatic rings. The summed E-state index contributed by atoms with van der Waals surface area (Å²) in [5.74, 6) is -0.754. The molecule has 0 heterocycles. The number of rotatable bonds is 10. The average molecular weight is 477 g/mol. The lowest BCUT2D eigenvalue weighted by atomic mass is 9.77. The Morgan fingerprint density at radius 1 is 1.00 bits per heavy atom. The van der Waals surface area contributed by atoms with Crippen molar-refractivity contribution in [3.63, 3.8) is 0 Å². The van der Waals surface area contributed by atoms with Crippen molar-refractivity contribution in [1.29, 1.82) is 0 Å². The molecule has 34 heavy (non-hydrogen) atoms. The topological polar surface area (TPSA) is 46.5 Å². The van der Waals surface area contributed by atoms with Crippen LogP contribution in [-0.2, 0) is 12.6 Å². The number of ketones is 1. The number of phenolic OH excluding ortho intramolecular Hbond substituents is 1. The smallest absolute Gasteiger partial charge is 0.423 e. The van der Waals surface area contributed by atoms with Crippen LogP contribution in [-0.4, -0.2) is 17.5 Å². The molecular formula is C28H35F3O3. The number of halogens is 3. The molecule has 2 aromatic rings. The van der Waals surface area contributed by atoms with Gasteiger partial charge in [0.15, 0.2) is 5.78 Å². The highest BCUT2D eigenvalue weighted by Crippen LogP contribution is 2.44. The molecule has 0 radical (unpaired) electrons. The fourth-order valence-electron chi connectivity index (χ4n) is 5.00. The molecule has 0 bridgehead atoms. The quantitative estimate of drug-likeness (QED) is 0.278. The Hall–Kier alpha value is -2.50. The van der Waals surface area contributed by atoms with E-state index in [9.17, 15) is 23.1 Å². The zero-order valence-corrected chi connectivity index (χ0v) is 20.1. The van der Waals surface area contributed by atoms with Gasteiger partial charge in [-0.2, -0.15) is 13.2 Å². The lowest BCUT2D eigenvalue weighted by Crippen LogP contribution is -2.14. The summed E-state index contributed by atoms with van der Waals surface area (Å²) in [6.45, 7) is 3.80. The van der Waals surface area contributed by atoms with Gasteiger partial charge in [0.25, 0.3) is 0 Å². The summed E-state index contributed by atoms with van der Waals surface area (Å²) in [6, 6.07) is 10.1. The number of carbonyl (C=O) groups is 1. The summed E-state index contributed by atoms with van der Waals surface area (Å²) in [6.07, 6.45) is 5.17. The minimum Gasteiger partial charge on any atom is -0.506 e. The molecule has 1 aliphatic carbocycles.